The Morgan fingerprint density at radius 2 is 1.83 bits per heavy atom. The molecule has 2 aromatic heterocycles. The topological polar surface area (TPSA) is 67.5 Å². The van der Waals surface area contributed by atoms with Gasteiger partial charge >= 0.3 is 0 Å². The Hall–Kier alpha value is -3.73. The van der Waals surface area contributed by atoms with Crippen molar-refractivity contribution in [1.29, 1.82) is 0 Å². The first-order chi connectivity index (χ1) is 14.5. The Balaban J connectivity index is 1.67. The number of hydrazone groups is 1. The van der Waals surface area contributed by atoms with Crippen molar-refractivity contribution in [3.8, 4) is 11.3 Å². The van der Waals surface area contributed by atoms with Crippen LogP contribution in [0.15, 0.2) is 76.2 Å². The summed E-state index contributed by atoms with van der Waals surface area (Å²) in [5.74, 6) is 1.53. The number of amides is 1. The number of aromatic nitrogens is 1. The second-order valence-electron chi connectivity index (χ2n) is 7.50. The Labute approximate surface area is 175 Å². The van der Waals surface area contributed by atoms with Crippen molar-refractivity contribution < 1.29 is 9.21 Å². The number of nitrogens with one attached hydrogen (secondary N) is 1. The average Bonchev–Trinajstić information content (AvgIpc) is 3.17. The quantitative estimate of drug-likeness (QED) is 0.347. The van der Waals surface area contributed by atoms with Gasteiger partial charge in [-0.15, -0.1) is 0 Å². The number of carbonyl (C=O) groups excluding carboxylic acids is 1. The number of fused-ring (bicyclic) bond motifs is 1. The molecular weight excluding hydrogens is 374 g/mol. The SMILES string of the molecule is Cc1ccc(C=NNC(=O)c2cc(-c3ccc(C(C)C)cc3)nc3ccccc23)o1. The van der Waals surface area contributed by atoms with E-state index in [0.29, 0.717) is 17.2 Å². The number of nitrogens with zero attached hydrogens (tertiary/aromatic N) is 2. The van der Waals surface area contributed by atoms with Gasteiger partial charge in [0.2, 0.25) is 0 Å². The third kappa shape index (κ3) is 4.15. The predicted octanol–water partition coefficient (Wildman–Crippen LogP) is 5.69. The molecule has 0 aliphatic carbocycles. The van der Waals surface area contributed by atoms with E-state index < -0.39 is 0 Å². The normalized spacial score (nSPS) is 11.5. The zero-order valence-electron chi connectivity index (χ0n) is 17.2. The highest BCUT2D eigenvalue weighted by atomic mass is 16.3. The van der Waals surface area contributed by atoms with Crippen LogP contribution in [0.1, 0.15) is 47.2 Å². The van der Waals surface area contributed by atoms with Crippen molar-refractivity contribution in [1.82, 2.24) is 10.4 Å². The maximum atomic E-state index is 12.9. The van der Waals surface area contributed by atoms with E-state index in [2.05, 4.69) is 36.5 Å². The first-order valence-corrected chi connectivity index (χ1v) is 9.91. The standard InChI is InChI=1S/C25H23N3O2/c1-16(2)18-9-11-19(12-10-18)24-14-22(21-6-4-5-7-23(21)27-24)25(29)28-26-15-20-13-8-17(3)30-20/h4-16H,1-3H3,(H,28,29). The molecule has 2 aromatic carbocycles. The lowest BCUT2D eigenvalue weighted by molar-refractivity contribution is 0.0956. The van der Waals surface area contributed by atoms with Crippen LogP contribution in [0.3, 0.4) is 0 Å². The number of hydrogen-bond donors (Lipinski definition) is 1. The van der Waals surface area contributed by atoms with Gasteiger partial charge < -0.3 is 4.42 Å². The van der Waals surface area contributed by atoms with Gasteiger partial charge in [-0.2, -0.15) is 5.10 Å². The van der Waals surface area contributed by atoms with Crippen molar-refractivity contribution >= 4 is 23.0 Å². The fourth-order valence-corrected chi connectivity index (χ4v) is 3.29. The van der Waals surface area contributed by atoms with Crippen LogP contribution in [0.4, 0.5) is 0 Å². The number of furan rings is 1. The summed E-state index contributed by atoms with van der Waals surface area (Å²) >= 11 is 0. The van der Waals surface area contributed by atoms with Crippen LogP contribution in [-0.2, 0) is 0 Å². The van der Waals surface area contributed by atoms with Crippen molar-refractivity contribution in [2.24, 2.45) is 5.10 Å². The van der Waals surface area contributed by atoms with E-state index in [1.807, 2.05) is 55.5 Å². The van der Waals surface area contributed by atoms with Gasteiger partial charge in [-0.3, -0.25) is 4.79 Å². The molecule has 5 heteroatoms. The van der Waals surface area contributed by atoms with Gasteiger partial charge in [-0.25, -0.2) is 10.4 Å². The van der Waals surface area contributed by atoms with E-state index in [1.165, 1.54) is 11.8 Å². The molecule has 30 heavy (non-hydrogen) atoms. The fourth-order valence-electron chi connectivity index (χ4n) is 3.29. The van der Waals surface area contributed by atoms with Crippen LogP contribution in [0.5, 0.6) is 0 Å². The Morgan fingerprint density at radius 3 is 2.53 bits per heavy atom. The molecule has 2 heterocycles. The molecule has 4 aromatic rings. The number of para-hydroxylation sites is 1. The van der Waals surface area contributed by atoms with Gasteiger partial charge in [0, 0.05) is 10.9 Å². The van der Waals surface area contributed by atoms with Crippen molar-refractivity contribution in [2.45, 2.75) is 26.7 Å². The summed E-state index contributed by atoms with van der Waals surface area (Å²) in [7, 11) is 0. The van der Waals surface area contributed by atoms with E-state index in [-0.39, 0.29) is 5.91 Å². The number of pyridine rings is 1. The third-order valence-corrected chi connectivity index (χ3v) is 4.95. The zero-order valence-corrected chi connectivity index (χ0v) is 17.2. The van der Waals surface area contributed by atoms with E-state index in [0.717, 1.165) is 27.9 Å². The minimum Gasteiger partial charge on any atom is -0.460 e. The summed E-state index contributed by atoms with van der Waals surface area (Å²) in [6.45, 7) is 6.18. The van der Waals surface area contributed by atoms with Crippen molar-refractivity contribution in [2.75, 3.05) is 0 Å². The highest BCUT2D eigenvalue weighted by Gasteiger charge is 2.14. The van der Waals surface area contributed by atoms with Crippen LogP contribution < -0.4 is 5.43 Å². The van der Waals surface area contributed by atoms with Gasteiger partial charge in [-0.1, -0.05) is 56.3 Å². The molecule has 4 rings (SSSR count). The largest absolute Gasteiger partial charge is 0.460 e. The van der Waals surface area contributed by atoms with Crippen LogP contribution >= 0.6 is 0 Å². The lowest BCUT2D eigenvalue weighted by atomic mass is 9.99. The Bertz CT molecular complexity index is 1220. The molecule has 1 N–H and O–H groups in total. The second kappa shape index (κ2) is 8.33. The molecule has 0 aliphatic heterocycles. The highest BCUT2D eigenvalue weighted by molar-refractivity contribution is 6.07. The highest BCUT2D eigenvalue weighted by Crippen LogP contribution is 2.26. The van der Waals surface area contributed by atoms with E-state index in [4.69, 9.17) is 9.40 Å². The molecule has 0 atom stereocenters. The molecule has 0 saturated heterocycles. The molecule has 0 fully saturated rings. The summed E-state index contributed by atoms with van der Waals surface area (Å²) in [6, 6.07) is 21.4. The maximum Gasteiger partial charge on any atom is 0.272 e. The van der Waals surface area contributed by atoms with Gasteiger partial charge in [0.05, 0.1) is 23.0 Å². The predicted molar refractivity (Wildman–Crippen MR) is 120 cm³/mol. The smallest absolute Gasteiger partial charge is 0.272 e. The third-order valence-electron chi connectivity index (χ3n) is 4.95. The molecule has 1 amide bonds. The Morgan fingerprint density at radius 1 is 1.07 bits per heavy atom. The Kier molecular flexibility index (Phi) is 5.44. The van der Waals surface area contributed by atoms with Gasteiger partial charge in [0.15, 0.2) is 0 Å². The van der Waals surface area contributed by atoms with Crippen LogP contribution in [0, 0.1) is 6.92 Å². The second-order valence-corrected chi connectivity index (χ2v) is 7.50. The first kappa shape index (κ1) is 19.6. The van der Waals surface area contributed by atoms with Crippen LogP contribution in [0.2, 0.25) is 0 Å². The molecule has 0 spiro atoms. The summed E-state index contributed by atoms with van der Waals surface area (Å²) < 4.78 is 5.43. The van der Waals surface area contributed by atoms with Crippen LogP contribution in [-0.4, -0.2) is 17.1 Å². The van der Waals surface area contributed by atoms with E-state index >= 15 is 0 Å². The number of rotatable bonds is 5. The zero-order chi connectivity index (χ0) is 21.1. The van der Waals surface area contributed by atoms with Gasteiger partial charge in [0.1, 0.15) is 11.5 Å². The van der Waals surface area contributed by atoms with Crippen LogP contribution in [0.25, 0.3) is 22.2 Å². The number of aryl methyl sites for hydroxylation is 1. The molecule has 0 saturated carbocycles. The number of hydrogen-bond acceptors (Lipinski definition) is 4. The lowest BCUT2D eigenvalue weighted by Crippen LogP contribution is -2.18. The molecule has 5 nitrogen and oxygen atoms in total. The molecule has 0 bridgehead atoms. The van der Waals surface area contributed by atoms with Gasteiger partial charge in [0.25, 0.3) is 5.91 Å². The molecular formula is C25H23N3O2. The molecule has 0 unspecified atom stereocenters. The monoisotopic (exact) mass is 397 g/mol. The first-order valence-electron chi connectivity index (χ1n) is 9.91. The maximum absolute atomic E-state index is 12.9. The lowest BCUT2D eigenvalue weighted by Gasteiger charge is -2.10. The summed E-state index contributed by atoms with van der Waals surface area (Å²) in [4.78, 5) is 17.7. The van der Waals surface area contributed by atoms with E-state index in [1.54, 1.807) is 6.07 Å². The van der Waals surface area contributed by atoms with Crippen molar-refractivity contribution in [3.05, 3.63) is 89.4 Å². The van der Waals surface area contributed by atoms with E-state index in [9.17, 15) is 4.79 Å². The minimum atomic E-state index is -0.298. The number of benzene rings is 2. The number of carbonyl (C=O) groups is 1. The molecule has 150 valence electrons. The fraction of sp³-hybridized carbons (Fsp3) is 0.160. The summed E-state index contributed by atoms with van der Waals surface area (Å²) in [5, 5.41) is 4.81. The summed E-state index contributed by atoms with van der Waals surface area (Å²) in [6.07, 6.45) is 1.49. The molecule has 0 aliphatic rings. The summed E-state index contributed by atoms with van der Waals surface area (Å²) in [5.41, 5.74) is 6.86. The molecule has 0 radical (unpaired) electrons. The van der Waals surface area contributed by atoms with Crippen molar-refractivity contribution in [3.63, 3.8) is 0 Å². The average molecular weight is 397 g/mol. The minimum absolute atomic E-state index is 0.298. The van der Waals surface area contributed by atoms with Gasteiger partial charge in [-0.05, 0) is 42.7 Å².